The molecule has 0 heterocycles. The second-order valence-electron chi connectivity index (χ2n) is 9.84. The van der Waals surface area contributed by atoms with Crippen LogP contribution in [0.2, 0.25) is 0 Å². The zero-order valence-corrected chi connectivity index (χ0v) is 16.6. The first-order chi connectivity index (χ1) is 12.3. The SMILES string of the molecule is C=C[C@]1(OC(C)=O)CC[C@@H]2[C@H]3CC=C4C[C@@H](O)CC[C@]4(C)[C@@H]3CC[C@@]21C. The van der Waals surface area contributed by atoms with Gasteiger partial charge in [-0.1, -0.05) is 32.1 Å². The van der Waals surface area contributed by atoms with E-state index in [0.29, 0.717) is 17.8 Å². The Balaban J connectivity index is 1.68. The maximum absolute atomic E-state index is 11.8. The first kappa shape index (κ1) is 18.3. The molecule has 144 valence electrons. The molecule has 0 amide bonds. The maximum Gasteiger partial charge on any atom is 0.303 e. The smallest absolute Gasteiger partial charge is 0.303 e. The van der Waals surface area contributed by atoms with Gasteiger partial charge in [0.2, 0.25) is 0 Å². The van der Waals surface area contributed by atoms with E-state index in [2.05, 4.69) is 26.5 Å². The summed E-state index contributed by atoms with van der Waals surface area (Å²) in [7, 11) is 0. The van der Waals surface area contributed by atoms with Crippen molar-refractivity contribution >= 4 is 5.97 Å². The van der Waals surface area contributed by atoms with Crippen LogP contribution in [0.3, 0.4) is 0 Å². The van der Waals surface area contributed by atoms with Gasteiger partial charge in [-0.3, -0.25) is 4.79 Å². The summed E-state index contributed by atoms with van der Waals surface area (Å²) in [6.07, 6.45) is 12.6. The molecule has 0 bridgehead atoms. The third-order valence-electron chi connectivity index (χ3n) is 8.92. The Morgan fingerprint density at radius 1 is 1.23 bits per heavy atom. The van der Waals surface area contributed by atoms with E-state index >= 15 is 0 Å². The van der Waals surface area contributed by atoms with Gasteiger partial charge in [0, 0.05) is 12.3 Å². The summed E-state index contributed by atoms with van der Waals surface area (Å²) in [4.78, 5) is 11.8. The van der Waals surface area contributed by atoms with Crippen molar-refractivity contribution in [3.63, 3.8) is 0 Å². The standard InChI is InChI=1S/C23H34O3/c1-5-23(26-15(2)24)13-10-20-18-7-6-16-14-17(25)8-11-21(16,3)19(18)9-12-22(20,23)4/h5-6,17-20,25H,1,7-14H2,2-4H3/t17-,18-,19+,20+,21-,22-,23-/m0/s1. The van der Waals surface area contributed by atoms with Crippen molar-refractivity contribution in [2.24, 2.45) is 28.6 Å². The molecule has 4 aliphatic carbocycles. The molecule has 26 heavy (non-hydrogen) atoms. The van der Waals surface area contributed by atoms with Crippen molar-refractivity contribution in [2.75, 3.05) is 0 Å². The van der Waals surface area contributed by atoms with Crippen LogP contribution in [-0.4, -0.2) is 22.8 Å². The third-order valence-corrected chi connectivity index (χ3v) is 8.92. The molecule has 1 N–H and O–H groups in total. The molecule has 3 fully saturated rings. The van der Waals surface area contributed by atoms with Gasteiger partial charge in [0.05, 0.1) is 6.10 Å². The van der Waals surface area contributed by atoms with Gasteiger partial charge in [-0.15, -0.1) is 0 Å². The number of hydrogen-bond donors (Lipinski definition) is 1. The lowest BCUT2D eigenvalue weighted by Gasteiger charge is -2.59. The zero-order valence-electron chi connectivity index (χ0n) is 16.6. The minimum absolute atomic E-state index is 0.00251. The molecule has 0 aliphatic heterocycles. The highest BCUT2D eigenvalue weighted by Crippen LogP contribution is 2.68. The van der Waals surface area contributed by atoms with Gasteiger partial charge >= 0.3 is 5.97 Å². The van der Waals surface area contributed by atoms with Crippen LogP contribution in [0.5, 0.6) is 0 Å². The van der Waals surface area contributed by atoms with E-state index in [0.717, 1.165) is 44.9 Å². The quantitative estimate of drug-likeness (QED) is 0.570. The number of rotatable bonds is 2. The molecule has 7 atom stereocenters. The Morgan fingerprint density at radius 2 is 1.96 bits per heavy atom. The summed E-state index contributed by atoms with van der Waals surface area (Å²) in [5.74, 6) is 1.76. The monoisotopic (exact) mass is 358 g/mol. The highest BCUT2D eigenvalue weighted by Gasteiger charge is 2.64. The molecule has 3 nitrogen and oxygen atoms in total. The van der Waals surface area contributed by atoms with E-state index in [9.17, 15) is 9.90 Å². The van der Waals surface area contributed by atoms with E-state index < -0.39 is 5.60 Å². The van der Waals surface area contributed by atoms with Crippen LogP contribution >= 0.6 is 0 Å². The van der Waals surface area contributed by atoms with Crippen molar-refractivity contribution in [3.8, 4) is 0 Å². The average molecular weight is 359 g/mol. The molecule has 0 spiro atoms. The van der Waals surface area contributed by atoms with Gasteiger partial charge in [0.25, 0.3) is 0 Å². The Kier molecular flexibility index (Phi) is 4.19. The van der Waals surface area contributed by atoms with Gasteiger partial charge in [-0.25, -0.2) is 0 Å². The summed E-state index contributed by atoms with van der Waals surface area (Å²) < 4.78 is 5.94. The summed E-state index contributed by atoms with van der Waals surface area (Å²) in [5.41, 5.74) is 1.26. The number of fused-ring (bicyclic) bond motifs is 5. The van der Waals surface area contributed by atoms with Crippen molar-refractivity contribution in [3.05, 3.63) is 24.3 Å². The van der Waals surface area contributed by atoms with Crippen molar-refractivity contribution in [2.45, 2.75) is 83.8 Å². The Labute approximate surface area is 157 Å². The predicted octanol–water partition coefficient (Wildman–Crippen LogP) is 4.80. The van der Waals surface area contributed by atoms with Crippen LogP contribution in [0.25, 0.3) is 0 Å². The first-order valence-corrected chi connectivity index (χ1v) is 10.5. The summed E-state index contributed by atoms with van der Waals surface area (Å²) in [5, 5.41) is 10.1. The number of carbonyl (C=O) groups is 1. The number of aliphatic hydroxyl groups is 1. The topological polar surface area (TPSA) is 46.5 Å². The molecule has 0 unspecified atom stereocenters. The predicted molar refractivity (Wildman–Crippen MR) is 102 cm³/mol. The fraction of sp³-hybridized carbons (Fsp3) is 0.783. The van der Waals surface area contributed by atoms with E-state index in [1.54, 1.807) is 0 Å². The van der Waals surface area contributed by atoms with Crippen LogP contribution in [-0.2, 0) is 9.53 Å². The fourth-order valence-electron chi connectivity index (χ4n) is 7.48. The molecular weight excluding hydrogens is 324 g/mol. The second kappa shape index (κ2) is 5.95. The van der Waals surface area contributed by atoms with E-state index in [1.165, 1.54) is 18.9 Å². The molecule has 3 saturated carbocycles. The number of ether oxygens (including phenoxy) is 1. The number of aliphatic hydroxyl groups excluding tert-OH is 1. The highest BCUT2D eigenvalue weighted by molar-refractivity contribution is 5.67. The highest BCUT2D eigenvalue weighted by atomic mass is 16.6. The Bertz CT molecular complexity index is 652. The van der Waals surface area contributed by atoms with Crippen LogP contribution in [0.15, 0.2) is 24.3 Å². The van der Waals surface area contributed by atoms with Gasteiger partial charge in [-0.05, 0) is 80.6 Å². The van der Waals surface area contributed by atoms with E-state index in [1.807, 2.05) is 6.08 Å². The minimum Gasteiger partial charge on any atom is -0.454 e. The molecule has 0 aromatic carbocycles. The van der Waals surface area contributed by atoms with Crippen LogP contribution in [0, 0.1) is 28.6 Å². The molecular formula is C23H34O3. The van der Waals surface area contributed by atoms with Crippen molar-refractivity contribution < 1.29 is 14.6 Å². The number of hydrogen-bond acceptors (Lipinski definition) is 3. The fourth-order valence-corrected chi connectivity index (χ4v) is 7.48. The summed E-state index contributed by atoms with van der Waals surface area (Å²) >= 11 is 0. The summed E-state index contributed by atoms with van der Waals surface area (Å²) in [6, 6.07) is 0. The zero-order chi connectivity index (χ0) is 18.7. The van der Waals surface area contributed by atoms with Crippen molar-refractivity contribution in [1.82, 2.24) is 0 Å². The minimum atomic E-state index is -0.498. The summed E-state index contributed by atoms with van der Waals surface area (Å²) in [6.45, 7) is 10.4. The lowest BCUT2D eigenvalue weighted by molar-refractivity contribution is -0.170. The number of carbonyl (C=O) groups excluding carboxylic acids is 1. The van der Waals surface area contributed by atoms with Crippen LogP contribution < -0.4 is 0 Å². The number of esters is 1. The van der Waals surface area contributed by atoms with Gasteiger partial charge in [0.15, 0.2) is 0 Å². The molecule has 0 radical (unpaired) electrons. The molecule has 0 saturated heterocycles. The lowest BCUT2D eigenvalue weighted by Crippen LogP contribution is -2.55. The molecule has 0 aromatic rings. The molecule has 4 rings (SSSR count). The third kappa shape index (κ3) is 2.32. The average Bonchev–Trinajstić information content (AvgIpc) is 2.88. The molecule has 4 aliphatic rings. The normalized spacial score (nSPS) is 50.1. The molecule has 3 heteroatoms. The van der Waals surface area contributed by atoms with E-state index in [4.69, 9.17) is 4.74 Å². The van der Waals surface area contributed by atoms with E-state index in [-0.39, 0.29) is 22.9 Å². The molecule has 0 aromatic heterocycles. The van der Waals surface area contributed by atoms with Crippen LogP contribution in [0.1, 0.15) is 72.1 Å². The van der Waals surface area contributed by atoms with Gasteiger partial charge in [-0.2, -0.15) is 0 Å². The maximum atomic E-state index is 11.8. The Morgan fingerprint density at radius 3 is 2.65 bits per heavy atom. The number of allylic oxidation sites excluding steroid dienone is 1. The lowest BCUT2D eigenvalue weighted by atomic mass is 9.47. The second-order valence-corrected chi connectivity index (χ2v) is 9.84. The Hall–Kier alpha value is -1.09. The van der Waals surface area contributed by atoms with Gasteiger partial charge in [0.1, 0.15) is 5.60 Å². The first-order valence-electron chi connectivity index (χ1n) is 10.5. The van der Waals surface area contributed by atoms with Gasteiger partial charge < -0.3 is 9.84 Å². The largest absolute Gasteiger partial charge is 0.454 e. The van der Waals surface area contributed by atoms with Crippen LogP contribution in [0.4, 0.5) is 0 Å². The van der Waals surface area contributed by atoms with Crippen molar-refractivity contribution in [1.29, 1.82) is 0 Å².